The number of ether oxygens (including phenoxy) is 2. The zero-order valence-electron chi connectivity index (χ0n) is 19.3. The highest BCUT2D eigenvalue weighted by Crippen LogP contribution is 2.44. The van der Waals surface area contributed by atoms with Crippen molar-refractivity contribution in [2.75, 3.05) is 40.9 Å². The van der Waals surface area contributed by atoms with Crippen molar-refractivity contribution < 1.29 is 29.3 Å². The summed E-state index contributed by atoms with van der Waals surface area (Å²) in [5, 5.41) is 21.8. The molecule has 10 heteroatoms. The third-order valence-electron chi connectivity index (χ3n) is 5.40. The first-order valence-electron chi connectivity index (χ1n) is 10.5. The molecule has 2 aromatic rings. The van der Waals surface area contributed by atoms with Gasteiger partial charge in [0.1, 0.15) is 11.5 Å². The van der Waals surface area contributed by atoms with E-state index in [0.29, 0.717) is 18.7 Å². The van der Waals surface area contributed by atoms with E-state index < -0.39 is 23.5 Å². The number of benzene rings is 2. The number of Topliss-reactive ketones (excluding diaryl/α,β-unsaturated/α-hetero) is 1. The number of rotatable bonds is 8. The first kappa shape index (κ1) is 25.7. The molecule has 1 aliphatic heterocycles. The van der Waals surface area contributed by atoms with Crippen molar-refractivity contribution in [3.05, 3.63) is 57.1 Å². The van der Waals surface area contributed by atoms with E-state index in [9.17, 15) is 19.8 Å². The molecule has 1 unspecified atom stereocenters. The van der Waals surface area contributed by atoms with Crippen LogP contribution in [0, 0.1) is 0 Å². The van der Waals surface area contributed by atoms with Crippen LogP contribution in [-0.4, -0.2) is 72.6 Å². The SMILES string of the molecule is CCOc1cc(C2/C(=C(\O)c3cc(Cl)cc(Cl)c3OC)C(=O)C(=O)N2CCN(C)C)ccc1O. The number of likely N-dealkylation sites (N-methyl/N-ethyl adjacent to an activating group) is 1. The smallest absolute Gasteiger partial charge is 0.295 e. The molecule has 2 aromatic carbocycles. The van der Waals surface area contributed by atoms with Crippen molar-refractivity contribution >= 4 is 40.7 Å². The number of phenols is 1. The van der Waals surface area contributed by atoms with Gasteiger partial charge in [-0.05, 0) is 50.8 Å². The lowest BCUT2D eigenvalue weighted by atomic mass is 9.94. The summed E-state index contributed by atoms with van der Waals surface area (Å²) in [5.41, 5.74) is 0.417. The number of hydrogen-bond donors (Lipinski definition) is 2. The van der Waals surface area contributed by atoms with Crippen LogP contribution in [0.3, 0.4) is 0 Å². The number of ketones is 1. The Balaban J connectivity index is 2.27. The van der Waals surface area contributed by atoms with Crippen molar-refractivity contribution in [3.63, 3.8) is 0 Å². The average Bonchev–Trinajstić information content (AvgIpc) is 3.03. The van der Waals surface area contributed by atoms with E-state index in [4.69, 9.17) is 32.7 Å². The Hall–Kier alpha value is -2.94. The molecule has 2 N–H and O–H groups in total. The molecule has 0 bridgehead atoms. The molecular formula is C24H26Cl2N2O6. The molecule has 1 saturated heterocycles. The van der Waals surface area contributed by atoms with Crippen LogP contribution in [-0.2, 0) is 9.59 Å². The highest BCUT2D eigenvalue weighted by Gasteiger charge is 2.46. The number of aliphatic hydroxyl groups excluding tert-OH is 1. The van der Waals surface area contributed by atoms with E-state index in [1.54, 1.807) is 19.1 Å². The minimum absolute atomic E-state index is 0.0828. The van der Waals surface area contributed by atoms with Gasteiger partial charge in [0.25, 0.3) is 11.7 Å². The number of halogens is 2. The monoisotopic (exact) mass is 508 g/mol. The summed E-state index contributed by atoms with van der Waals surface area (Å²) >= 11 is 12.4. The van der Waals surface area contributed by atoms with E-state index in [-0.39, 0.29) is 45.0 Å². The van der Waals surface area contributed by atoms with Crippen molar-refractivity contribution in [1.29, 1.82) is 0 Å². The minimum atomic E-state index is -0.942. The number of phenolic OH excluding ortho intramolecular Hbond substituents is 1. The Morgan fingerprint density at radius 3 is 2.50 bits per heavy atom. The van der Waals surface area contributed by atoms with Gasteiger partial charge in [0.2, 0.25) is 0 Å². The van der Waals surface area contributed by atoms with Crippen LogP contribution >= 0.6 is 23.2 Å². The van der Waals surface area contributed by atoms with Crippen LogP contribution in [0.4, 0.5) is 0 Å². The molecule has 0 saturated carbocycles. The van der Waals surface area contributed by atoms with Gasteiger partial charge in [0.05, 0.1) is 35.9 Å². The summed E-state index contributed by atoms with van der Waals surface area (Å²) in [6.07, 6.45) is 0. The molecule has 0 aliphatic carbocycles. The lowest BCUT2D eigenvalue weighted by Crippen LogP contribution is -2.35. The minimum Gasteiger partial charge on any atom is -0.507 e. The molecule has 1 amide bonds. The molecule has 182 valence electrons. The largest absolute Gasteiger partial charge is 0.507 e. The molecule has 0 aromatic heterocycles. The first-order valence-corrected chi connectivity index (χ1v) is 11.3. The van der Waals surface area contributed by atoms with Crippen molar-refractivity contribution in [3.8, 4) is 17.2 Å². The fourth-order valence-corrected chi connectivity index (χ4v) is 4.40. The maximum atomic E-state index is 13.2. The predicted molar refractivity (Wildman–Crippen MR) is 130 cm³/mol. The molecule has 1 fully saturated rings. The van der Waals surface area contributed by atoms with Crippen LogP contribution in [0.15, 0.2) is 35.9 Å². The highest BCUT2D eigenvalue weighted by molar-refractivity contribution is 6.46. The highest BCUT2D eigenvalue weighted by atomic mass is 35.5. The normalized spacial score (nSPS) is 17.5. The van der Waals surface area contributed by atoms with Crippen LogP contribution < -0.4 is 9.47 Å². The van der Waals surface area contributed by atoms with E-state index >= 15 is 0 Å². The van der Waals surface area contributed by atoms with Crippen molar-refractivity contribution in [1.82, 2.24) is 9.80 Å². The molecule has 34 heavy (non-hydrogen) atoms. The summed E-state index contributed by atoms with van der Waals surface area (Å²) < 4.78 is 10.8. The quantitative estimate of drug-likeness (QED) is 0.314. The van der Waals surface area contributed by atoms with Gasteiger partial charge in [-0.25, -0.2) is 0 Å². The summed E-state index contributed by atoms with van der Waals surface area (Å²) in [4.78, 5) is 29.5. The number of amides is 1. The van der Waals surface area contributed by atoms with E-state index in [1.165, 1.54) is 30.2 Å². The number of hydrogen-bond acceptors (Lipinski definition) is 7. The molecule has 3 rings (SSSR count). The second-order valence-corrected chi connectivity index (χ2v) is 8.77. The molecule has 1 atom stereocenters. The predicted octanol–water partition coefficient (Wildman–Crippen LogP) is 4.09. The maximum absolute atomic E-state index is 13.2. The van der Waals surface area contributed by atoms with Crippen molar-refractivity contribution in [2.24, 2.45) is 0 Å². The van der Waals surface area contributed by atoms with Crippen molar-refractivity contribution in [2.45, 2.75) is 13.0 Å². The van der Waals surface area contributed by atoms with Gasteiger partial charge in [-0.2, -0.15) is 0 Å². The standard InChI is InChI=1S/C24H26Cl2N2O6/c1-5-34-18-10-13(6-7-17(18)29)20-19(22(31)24(32)28(20)9-8-27(2)3)21(30)15-11-14(25)12-16(26)23(15)33-4/h6-7,10-12,20,29-30H,5,8-9H2,1-4H3/b21-19+. The van der Waals surface area contributed by atoms with Gasteiger partial charge in [-0.15, -0.1) is 0 Å². The number of aromatic hydroxyl groups is 1. The number of carbonyl (C=O) groups is 2. The fraction of sp³-hybridized carbons (Fsp3) is 0.333. The fourth-order valence-electron chi connectivity index (χ4n) is 3.83. The molecular weight excluding hydrogens is 483 g/mol. The average molecular weight is 509 g/mol. The summed E-state index contributed by atoms with van der Waals surface area (Å²) in [6.45, 7) is 2.77. The van der Waals surface area contributed by atoms with Gasteiger partial charge in [0.15, 0.2) is 11.5 Å². The van der Waals surface area contributed by atoms with Gasteiger partial charge in [-0.1, -0.05) is 29.3 Å². The number of carbonyl (C=O) groups excluding carboxylic acids is 2. The number of nitrogens with zero attached hydrogens (tertiary/aromatic N) is 2. The summed E-state index contributed by atoms with van der Waals surface area (Å²) in [7, 11) is 5.06. The number of likely N-dealkylation sites (tertiary alicyclic amines) is 1. The molecule has 0 radical (unpaired) electrons. The second-order valence-electron chi connectivity index (χ2n) is 7.92. The van der Waals surface area contributed by atoms with Gasteiger partial charge < -0.3 is 29.5 Å². The van der Waals surface area contributed by atoms with E-state index in [1.807, 2.05) is 19.0 Å². The zero-order chi connectivity index (χ0) is 25.2. The molecule has 8 nitrogen and oxygen atoms in total. The molecule has 0 spiro atoms. The van der Waals surface area contributed by atoms with E-state index in [2.05, 4.69) is 0 Å². The topological polar surface area (TPSA) is 99.5 Å². The Labute approximate surface area is 207 Å². The maximum Gasteiger partial charge on any atom is 0.295 e. The van der Waals surface area contributed by atoms with Crippen LogP contribution in [0.2, 0.25) is 10.0 Å². The number of methoxy groups -OCH3 is 1. The van der Waals surface area contributed by atoms with E-state index in [0.717, 1.165) is 0 Å². The zero-order valence-corrected chi connectivity index (χ0v) is 20.8. The van der Waals surface area contributed by atoms with Crippen LogP contribution in [0.5, 0.6) is 17.2 Å². The first-order chi connectivity index (χ1) is 16.1. The summed E-state index contributed by atoms with van der Waals surface area (Å²) in [6, 6.07) is 6.46. The van der Waals surface area contributed by atoms with Gasteiger partial charge >= 0.3 is 0 Å². The van der Waals surface area contributed by atoms with Crippen LogP contribution in [0.25, 0.3) is 5.76 Å². The third kappa shape index (κ3) is 4.94. The lowest BCUT2D eigenvalue weighted by Gasteiger charge is -2.27. The molecule has 1 aliphatic rings. The molecule has 1 heterocycles. The Bertz CT molecular complexity index is 1150. The van der Waals surface area contributed by atoms with Gasteiger partial charge in [-0.3, -0.25) is 9.59 Å². The Kier molecular flexibility index (Phi) is 7.97. The Morgan fingerprint density at radius 2 is 1.88 bits per heavy atom. The van der Waals surface area contributed by atoms with Gasteiger partial charge in [0, 0.05) is 18.1 Å². The summed E-state index contributed by atoms with van der Waals surface area (Å²) in [5.74, 6) is -1.86. The number of aliphatic hydroxyl groups is 1. The Morgan fingerprint density at radius 1 is 1.18 bits per heavy atom. The van der Waals surface area contributed by atoms with Crippen LogP contribution in [0.1, 0.15) is 24.1 Å². The lowest BCUT2D eigenvalue weighted by molar-refractivity contribution is -0.140. The second kappa shape index (κ2) is 10.5. The third-order valence-corrected chi connectivity index (χ3v) is 5.89.